The van der Waals surface area contributed by atoms with E-state index in [2.05, 4.69) is 89.1 Å². The molecule has 14 amide bonds. The van der Waals surface area contributed by atoms with Crippen molar-refractivity contribution in [2.24, 2.45) is 29.2 Å². The van der Waals surface area contributed by atoms with Crippen molar-refractivity contribution in [2.75, 3.05) is 13.2 Å². The number of imidazole rings is 1. The molecular formula is C86H113N19O22. The number of aliphatic carboxylic acids is 3. The summed E-state index contributed by atoms with van der Waals surface area (Å²) in [6.45, 7) is 9.78. The lowest BCUT2D eigenvalue weighted by Crippen LogP contribution is -2.62. The number of phenols is 1. The van der Waals surface area contributed by atoms with Crippen LogP contribution in [0.2, 0.25) is 0 Å². The summed E-state index contributed by atoms with van der Waals surface area (Å²) in [7, 11) is 0. The Morgan fingerprint density at radius 2 is 0.772 bits per heavy atom. The Morgan fingerprint density at radius 3 is 1.20 bits per heavy atom. The number of nitrogens with two attached hydrogens (primary N) is 2. The van der Waals surface area contributed by atoms with Crippen molar-refractivity contribution in [3.05, 3.63) is 156 Å². The Hall–Kier alpha value is -14.1. The first-order valence-corrected chi connectivity index (χ1v) is 41.4. The number of aromatic amines is 3. The highest BCUT2D eigenvalue weighted by atomic mass is 16.4. The van der Waals surface area contributed by atoms with Crippen molar-refractivity contribution < 1.29 is 107 Å². The molecule has 0 radical (unpaired) electrons. The van der Waals surface area contributed by atoms with Gasteiger partial charge in [0.15, 0.2) is 0 Å². The van der Waals surface area contributed by atoms with Crippen LogP contribution in [0.3, 0.4) is 0 Å². The highest BCUT2D eigenvalue weighted by Crippen LogP contribution is 2.23. The Kier molecular flexibility index (Phi) is 38.4. The minimum absolute atomic E-state index is 0.0289. The number of carbonyl (C=O) groups excluding carboxylic acids is 14. The molecule has 7 aromatic rings. The molecule has 0 aliphatic carbocycles. The summed E-state index contributed by atoms with van der Waals surface area (Å²) in [5.41, 5.74) is 14.9. The minimum Gasteiger partial charge on any atom is -0.508 e. The van der Waals surface area contributed by atoms with Crippen LogP contribution in [0.5, 0.6) is 5.75 Å². The van der Waals surface area contributed by atoms with Crippen molar-refractivity contribution in [3.63, 3.8) is 0 Å². The van der Waals surface area contributed by atoms with Crippen LogP contribution >= 0.6 is 0 Å². The number of para-hydroxylation sites is 2. The van der Waals surface area contributed by atoms with Gasteiger partial charge in [-0.2, -0.15) is 0 Å². The van der Waals surface area contributed by atoms with E-state index in [1.807, 2.05) is 0 Å². The maximum absolute atomic E-state index is 15.1. The summed E-state index contributed by atoms with van der Waals surface area (Å²) in [4.78, 5) is 250. The van der Waals surface area contributed by atoms with Crippen LogP contribution in [0.1, 0.15) is 128 Å². The van der Waals surface area contributed by atoms with Crippen LogP contribution in [0.15, 0.2) is 128 Å². The average Bonchev–Trinajstić information content (AvgIpc) is 1.74. The zero-order valence-electron chi connectivity index (χ0n) is 71.2. The first-order valence-electron chi connectivity index (χ1n) is 41.4. The van der Waals surface area contributed by atoms with E-state index in [9.17, 15) is 102 Å². The molecule has 0 saturated carbocycles. The zero-order chi connectivity index (χ0) is 93.3. The first-order chi connectivity index (χ1) is 60.3. The lowest BCUT2D eigenvalue weighted by atomic mass is 9.99. The predicted molar refractivity (Wildman–Crippen MR) is 459 cm³/mol. The largest absolute Gasteiger partial charge is 0.508 e. The molecule has 41 nitrogen and oxygen atoms in total. The molecule has 684 valence electrons. The number of benzene rings is 4. The number of hydrogen-bond donors (Lipinski definition) is 23. The summed E-state index contributed by atoms with van der Waals surface area (Å²) >= 11 is 0. The summed E-state index contributed by atoms with van der Waals surface area (Å²) in [6, 6.07) is 5.88. The molecule has 0 bridgehead atoms. The van der Waals surface area contributed by atoms with Crippen LogP contribution in [0.4, 0.5) is 0 Å². The molecular weight excluding hydrogens is 1650 g/mol. The molecule has 0 aliphatic heterocycles. The van der Waals surface area contributed by atoms with E-state index in [4.69, 9.17) is 11.5 Å². The second-order valence-electron chi connectivity index (χ2n) is 31.9. The normalized spacial score (nSPS) is 14.4. The average molecular weight is 1760 g/mol. The second kappa shape index (κ2) is 48.8. The number of aromatic nitrogens is 4. The number of hydrogen-bond acceptors (Lipinski definition) is 21. The van der Waals surface area contributed by atoms with Crippen LogP contribution in [0, 0.1) is 17.8 Å². The maximum Gasteiger partial charge on any atom is 0.305 e. The lowest BCUT2D eigenvalue weighted by molar-refractivity contribution is -0.142. The third-order valence-corrected chi connectivity index (χ3v) is 20.6. The van der Waals surface area contributed by atoms with Gasteiger partial charge in [-0.3, -0.25) is 81.5 Å². The number of fused-ring (bicyclic) bond motifs is 2. The third-order valence-electron chi connectivity index (χ3n) is 20.6. The molecule has 13 atom stereocenters. The van der Waals surface area contributed by atoms with Crippen molar-refractivity contribution in [2.45, 2.75) is 210 Å². The van der Waals surface area contributed by atoms with Crippen LogP contribution in [-0.4, -0.2) is 238 Å². The van der Waals surface area contributed by atoms with Crippen LogP contribution in [0.25, 0.3) is 21.8 Å². The van der Waals surface area contributed by atoms with E-state index in [1.165, 1.54) is 49.9 Å². The number of amides is 14. The Balaban J connectivity index is 1.13. The fourth-order valence-electron chi connectivity index (χ4n) is 13.9. The molecule has 0 aliphatic rings. The van der Waals surface area contributed by atoms with Crippen molar-refractivity contribution >= 4 is 122 Å². The standard InChI is InChI=1S/C86H113N19O22/c1-44(2)32-61(78(119)101-67(38-71(113)114)82(123)99-65(83(124)104-72(45(3)4)74(88)115)36-51-40-91-57-21-14-12-19-55(51)57)97-80(121)62(34-49-23-25-53(108)26-24-49)98-77(118)60(28-30-70(111)112)95-76(117)59(27-29-69(109)110)96-81(122)64(35-50-39-90-56-20-13-11-18-54(50)56)100-85(126)68(42-106)103-75(116)58(22-15-31-87)94-79(120)63(33-48-16-9-8-10-17-48)102-86(127)73(46(5)6)105-84(125)66(93-47(7)107)37-52-41-89-43-92-52/h8-14,16-21,23-26,39-41,43-46,58-68,72-73,90-91,106,108H,15,22,27-38,42,87H2,1-7H3,(H2,88,115)(H,89,92)(H,93,107)(H,94,120)(H,95,117)(H,96,122)(H,97,121)(H,98,118)(H,99,123)(H,100,126)(H,101,119)(H,102,127)(H,103,116)(H,104,124)(H,105,125)(H,109,110)(H,111,112)(H,113,114)/t58-,59-,60-,61-,62-,63-,64-,65-,66-,67-,68-,72-,73-/m0/s1. The molecule has 7 rings (SSSR count). The Bertz CT molecular complexity index is 5000. The van der Waals surface area contributed by atoms with E-state index >= 15 is 4.79 Å². The second-order valence-corrected chi connectivity index (χ2v) is 31.9. The summed E-state index contributed by atoms with van der Waals surface area (Å²) in [5.74, 6) is -20.9. The van der Waals surface area contributed by atoms with Gasteiger partial charge in [0.25, 0.3) is 0 Å². The Labute approximate surface area is 729 Å². The molecule has 25 N–H and O–H groups in total. The van der Waals surface area contributed by atoms with Gasteiger partial charge in [0.2, 0.25) is 82.7 Å². The SMILES string of the molecule is CC(=O)N[C@@H](Cc1cnc[nH]1)C(=O)N[C@H](C(=O)N[C@@H](Cc1ccccc1)C(=O)N[C@@H](CCCN)C(=O)N[C@@H](CO)C(=O)N[C@@H](Cc1c[nH]c2ccccc12)C(=O)N[C@@H](CCC(=O)O)C(=O)N[C@@H](CCC(=O)O)C(=O)N[C@@H](Cc1ccc(O)cc1)C(=O)N[C@@H](CC(C)C)C(=O)N[C@@H](CC(=O)O)C(=O)N[C@@H](Cc1c[nH]c2ccccc12)C(=O)N[C@H](C(N)=O)C(C)C)C(C)C. The highest BCUT2D eigenvalue weighted by molar-refractivity contribution is 6.02. The molecule has 3 heterocycles. The molecule has 4 aromatic carbocycles. The molecule has 0 fully saturated rings. The Morgan fingerprint density at radius 1 is 0.394 bits per heavy atom. The molecule has 41 heteroatoms. The van der Waals surface area contributed by atoms with Crippen molar-refractivity contribution in [1.29, 1.82) is 0 Å². The van der Waals surface area contributed by atoms with E-state index in [-0.39, 0.29) is 56.4 Å². The number of carboxylic acid groups (broad SMARTS) is 3. The smallest absolute Gasteiger partial charge is 0.305 e. The van der Waals surface area contributed by atoms with E-state index in [0.717, 1.165) is 0 Å². The number of aliphatic hydroxyl groups is 1. The number of carbonyl (C=O) groups is 17. The molecule has 0 spiro atoms. The number of nitrogens with one attached hydrogen (secondary N) is 16. The van der Waals surface area contributed by atoms with Gasteiger partial charge in [0, 0.05) is 98.0 Å². The number of rotatable bonds is 52. The number of H-pyrrole nitrogens is 3. The van der Waals surface area contributed by atoms with Gasteiger partial charge in [0.1, 0.15) is 84.3 Å². The zero-order valence-corrected chi connectivity index (χ0v) is 71.2. The molecule has 0 unspecified atom stereocenters. The fraction of sp³-hybridized carbons (Fsp3) is 0.442. The van der Waals surface area contributed by atoms with Gasteiger partial charge >= 0.3 is 17.9 Å². The lowest BCUT2D eigenvalue weighted by Gasteiger charge is -2.29. The molecule has 127 heavy (non-hydrogen) atoms. The van der Waals surface area contributed by atoms with Crippen LogP contribution in [-0.2, 0) is 114 Å². The van der Waals surface area contributed by atoms with Gasteiger partial charge in [0.05, 0.1) is 19.4 Å². The van der Waals surface area contributed by atoms with Gasteiger partial charge in [-0.15, -0.1) is 0 Å². The number of nitrogens with zero attached hydrogens (tertiary/aromatic N) is 1. The number of primary amides is 1. The maximum atomic E-state index is 15.1. The van der Waals surface area contributed by atoms with Gasteiger partial charge in [-0.25, -0.2) is 4.98 Å². The quantitative estimate of drug-likeness (QED) is 0.0210. The number of aromatic hydroxyl groups is 1. The summed E-state index contributed by atoms with van der Waals surface area (Å²) in [5, 5.41) is 85.2. The monoisotopic (exact) mass is 1760 g/mol. The van der Waals surface area contributed by atoms with Crippen molar-refractivity contribution in [1.82, 2.24) is 89.1 Å². The molecule has 3 aromatic heterocycles. The third kappa shape index (κ3) is 31.6. The number of phenolic OH excluding ortho intramolecular Hbond substituents is 1. The van der Waals surface area contributed by atoms with Gasteiger partial charge < -0.3 is 121 Å². The summed E-state index contributed by atoms with van der Waals surface area (Å²) in [6.07, 6.45) is -0.123. The number of aliphatic hydroxyl groups excluding tert-OH is 1. The van der Waals surface area contributed by atoms with Crippen LogP contribution < -0.4 is 80.6 Å². The minimum atomic E-state index is -1.98. The van der Waals surface area contributed by atoms with Crippen molar-refractivity contribution in [3.8, 4) is 5.75 Å². The molecule has 0 saturated heterocycles. The van der Waals surface area contributed by atoms with Gasteiger partial charge in [-0.05, 0) is 103 Å². The van der Waals surface area contributed by atoms with E-state index in [0.29, 0.717) is 44.2 Å². The first kappa shape index (κ1) is 100.0. The summed E-state index contributed by atoms with van der Waals surface area (Å²) < 4.78 is 0. The topological polar surface area (TPSA) is 660 Å². The van der Waals surface area contributed by atoms with E-state index < -0.39 is 248 Å². The number of carboxylic acids is 3. The predicted octanol–water partition coefficient (Wildman–Crippen LogP) is -1.31. The van der Waals surface area contributed by atoms with Gasteiger partial charge in [-0.1, -0.05) is 120 Å². The highest BCUT2D eigenvalue weighted by Gasteiger charge is 2.40. The van der Waals surface area contributed by atoms with E-state index in [1.54, 1.807) is 127 Å². The fourth-order valence-corrected chi connectivity index (χ4v) is 13.9.